The van der Waals surface area contributed by atoms with Crippen LogP contribution >= 0.6 is 0 Å². The molecule has 0 aliphatic heterocycles. The molecule has 0 heterocycles. The van der Waals surface area contributed by atoms with E-state index in [1.165, 1.54) is 19.4 Å². The van der Waals surface area contributed by atoms with E-state index in [1.807, 2.05) is 7.05 Å². The smallest absolute Gasteiger partial charge is 0.00464 e. The van der Waals surface area contributed by atoms with Gasteiger partial charge < -0.3 is 5.32 Å². The third-order valence-electron chi connectivity index (χ3n) is 3.95. The molecule has 2 atom stereocenters. The zero-order valence-corrected chi connectivity index (χ0v) is 8.28. The van der Waals surface area contributed by atoms with E-state index >= 15 is 0 Å². The number of hydrogen-bond acceptors (Lipinski definition) is 1. The summed E-state index contributed by atoms with van der Waals surface area (Å²) in [4.78, 5) is 0. The van der Waals surface area contributed by atoms with Crippen molar-refractivity contribution in [2.75, 3.05) is 13.6 Å². The second kappa shape index (κ2) is 3.14. The maximum Gasteiger partial charge on any atom is -0.00464 e. The molecule has 1 aliphatic carbocycles. The van der Waals surface area contributed by atoms with Crippen molar-refractivity contribution >= 4 is 0 Å². The van der Waals surface area contributed by atoms with Crippen LogP contribution in [0.15, 0.2) is 0 Å². The van der Waals surface area contributed by atoms with Crippen LogP contribution in [0.2, 0.25) is 0 Å². The Bertz CT molecular complexity index is 123. The maximum atomic E-state index is 3.24. The van der Waals surface area contributed by atoms with Gasteiger partial charge in [0.2, 0.25) is 0 Å². The molecule has 0 aromatic carbocycles. The molecule has 1 nitrogen and oxygen atoms in total. The molecule has 0 aromatic heterocycles. The van der Waals surface area contributed by atoms with E-state index < -0.39 is 0 Å². The third kappa shape index (κ3) is 1.31. The molecule has 1 saturated carbocycles. The van der Waals surface area contributed by atoms with Crippen molar-refractivity contribution < 1.29 is 0 Å². The second-order valence-corrected chi connectivity index (χ2v) is 4.02. The van der Waals surface area contributed by atoms with Crippen LogP contribution < -0.4 is 5.32 Å². The Hall–Kier alpha value is -0.0400. The number of nitrogens with one attached hydrogen (secondary N) is 1. The highest BCUT2D eigenvalue weighted by Crippen LogP contribution is 2.62. The van der Waals surface area contributed by atoms with Crippen molar-refractivity contribution in [1.29, 1.82) is 0 Å². The highest BCUT2D eigenvalue weighted by molar-refractivity contribution is 5.05. The minimum absolute atomic E-state index is 0.697. The van der Waals surface area contributed by atoms with E-state index in [4.69, 9.17) is 0 Å². The summed E-state index contributed by atoms with van der Waals surface area (Å²) < 4.78 is 0. The molecule has 1 fully saturated rings. The Balaban J connectivity index is 2.38. The van der Waals surface area contributed by atoms with Gasteiger partial charge in [0.1, 0.15) is 0 Å². The fourth-order valence-electron chi connectivity index (χ4n) is 2.58. The van der Waals surface area contributed by atoms with Gasteiger partial charge >= 0.3 is 0 Å². The second-order valence-electron chi connectivity index (χ2n) is 4.02. The molecule has 1 aliphatic rings. The average molecular weight is 155 g/mol. The van der Waals surface area contributed by atoms with Gasteiger partial charge in [-0.05, 0) is 43.7 Å². The molecule has 0 aromatic rings. The lowest BCUT2D eigenvalue weighted by Gasteiger charge is -2.13. The zero-order valence-electron chi connectivity index (χ0n) is 8.28. The van der Waals surface area contributed by atoms with Crippen LogP contribution in [0.3, 0.4) is 0 Å². The van der Waals surface area contributed by atoms with Gasteiger partial charge in [0, 0.05) is 0 Å². The van der Waals surface area contributed by atoms with Crippen molar-refractivity contribution in [1.82, 2.24) is 5.32 Å². The molecule has 0 saturated heterocycles. The number of hydrogen-bond donors (Lipinski definition) is 1. The molecule has 11 heavy (non-hydrogen) atoms. The molecular formula is C10H21N. The van der Waals surface area contributed by atoms with Crippen LogP contribution in [0.1, 0.15) is 33.6 Å². The molecule has 1 rings (SSSR count). The normalized spacial score (nSPS) is 42.5. The Labute approximate surface area is 70.6 Å². The fraction of sp³-hybridized carbons (Fsp3) is 1.00. The molecule has 0 bridgehead atoms. The lowest BCUT2D eigenvalue weighted by molar-refractivity contribution is 0.386. The van der Waals surface area contributed by atoms with Gasteiger partial charge in [0.25, 0.3) is 0 Å². The van der Waals surface area contributed by atoms with Gasteiger partial charge in [0.15, 0.2) is 0 Å². The predicted molar refractivity (Wildman–Crippen MR) is 49.6 cm³/mol. The summed E-state index contributed by atoms with van der Waals surface area (Å²) in [6.45, 7) is 8.30. The molecule has 0 spiro atoms. The van der Waals surface area contributed by atoms with Crippen LogP contribution in [0, 0.1) is 17.3 Å². The fourth-order valence-corrected chi connectivity index (χ4v) is 2.58. The van der Waals surface area contributed by atoms with E-state index in [0.717, 1.165) is 11.8 Å². The molecule has 0 amide bonds. The van der Waals surface area contributed by atoms with Crippen molar-refractivity contribution in [3.63, 3.8) is 0 Å². The van der Waals surface area contributed by atoms with Crippen LogP contribution in [0.25, 0.3) is 0 Å². The van der Waals surface area contributed by atoms with Gasteiger partial charge in [-0.25, -0.2) is 0 Å². The Morgan fingerprint density at radius 1 is 1.27 bits per heavy atom. The summed E-state index contributed by atoms with van der Waals surface area (Å²) in [6, 6.07) is 0. The summed E-state index contributed by atoms with van der Waals surface area (Å²) in [6.07, 6.45) is 2.72. The van der Waals surface area contributed by atoms with Crippen LogP contribution in [0.4, 0.5) is 0 Å². The minimum Gasteiger partial charge on any atom is -0.320 e. The summed E-state index contributed by atoms with van der Waals surface area (Å²) >= 11 is 0. The summed E-state index contributed by atoms with van der Waals surface area (Å²) in [5.74, 6) is 1.92. The van der Waals surface area contributed by atoms with Crippen LogP contribution in [-0.2, 0) is 0 Å². The zero-order chi connectivity index (χ0) is 8.48. The highest BCUT2D eigenvalue weighted by atomic mass is 14.8. The van der Waals surface area contributed by atoms with Gasteiger partial charge in [-0.3, -0.25) is 0 Å². The van der Waals surface area contributed by atoms with Crippen molar-refractivity contribution in [2.24, 2.45) is 17.3 Å². The topological polar surface area (TPSA) is 12.0 Å². The molecular weight excluding hydrogens is 134 g/mol. The SMILES string of the molecule is CCC1(CCNC)C(C)C1C. The summed E-state index contributed by atoms with van der Waals surface area (Å²) in [5.41, 5.74) is 0.697. The van der Waals surface area contributed by atoms with Gasteiger partial charge in [0.05, 0.1) is 0 Å². The first-order chi connectivity index (χ1) is 5.19. The standard InChI is InChI=1S/C10H21N/c1-5-10(6-7-11-4)8(2)9(10)3/h8-9,11H,5-7H2,1-4H3. The van der Waals surface area contributed by atoms with Crippen molar-refractivity contribution in [3.05, 3.63) is 0 Å². The summed E-state index contributed by atoms with van der Waals surface area (Å²) in [7, 11) is 2.04. The van der Waals surface area contributed by atoms with Crippen LogP contribution in [0.5, 0.6) is 0 Å². The Morgan fingerprint density at radius 3 is 2.09 bits per heavy atom. The van der Waals surface area contributed by atoms with E-state index in [-0.39, 0.29) is 0 Å². The first-order valence-electron chi connectivity index (χ1n) is 4.83. The molecule has 1 heteroatoms. The minimum atomic E-state index is 0.697. The first kappa shape index (κ1) is 9.05. The van der Waals surface area contributed by atoms with E-state index in [1.54, 1.807) is 0 Å². The first-order valence-corrected chi connectivity index (χ1v) is 4.83. The quantitative estimate of drug-likeness (QED) is 0.656. The lowest BCUT2D eigenvalue weighted by Crippen LogP contribution is -2.15. The highest BCUT2D eigenvalue weighted by Gasteiger charge is 2.56. The monoisotopic (exact) mass is 155 g/mol. The molecule has 0 radical (unpaired) electrons. The van der Waals surface area contributed by atoms with Crippen molar-refractivity contribution in [3.8, 4) is 0 Å². The number of rotatable bonds is 4. The van der Waals surface area contributed by atoms with Crippen molar-refractivity contribution in [2.45, 2.75) is 33.6 Å². The average Bonchev–Trinajstić information content (AvgIpc) is 2.54. The maximum absolute atomic E-state index is 3.24. The van der Waals surface area contributed by atoms with Gasteiger partial charge in [-0.1, -0.05) is 20.8 Å². The van der Waals surface area contributed by atoms with Gasteiger partial charge in [-0.2, -0.15) is 0 Å². The largest absolute Gasteiger partial charge is 0.320 e. The van der Waals surface area contributed by atoms with Gasteiger partial charge in [-0.15, -0.1) is 0 Å². The molecule has 2 unspecified atom stereocenters. The summed E-state index contributed by atoms with van der Waals surface area (Å²) in [5, 5.41) is 3.24. The lowest BCUT2D eigenvalue weighted by atomic mass is 9.94. The predicted octanol–water partition coefficient (Wildman–Crippen LogP) is 2.28. The Morgan fingerprint density at radius 2 is 1.82 bits per heavy atom. The molecule has 1 N–H and O–H groups in total. The Kier molecular flexibility index (Phi) is 2.58. The van der Waals surface area contributed by atoms with E-state index in [2.05, 4.69) is 26.1 Å². The van der Waals surface area contributed by atoms with E-state index in [9.17, 15) is 0 Å². The third-order valence-corrected chi connectivity index (χ3v) is 3.95. The van der Waals surface area contributed by atoms with Crippen LogP contribution in [-0.4, -0.2) is 13.6 Å². The molecule has 66 valence electrons. The van der Waals surface area contributed by atoms with E-state index in [0.29, 0.717) is 5.41 Å².